The first-order chi connectivity index (χ1) is 6.67. The molecule has 78 valence electrons. The van der Waals surface area contributed by atoms with Gasteiger partial charge in [0.1, 0.15) is 5.78 Å². The largest absolute Gasteiger partial charge is 0.330 e. The molecule has 0 unspecified atom stereocenters. The van der Waals surface area contributed by atoms with Crippen LogP contribution in [0.3, 0.4) is 0 Å². The van der Waals surface area contributed by atoms with Crippen molar-refractivity contribution in [2.45, 2.75) is 26.2 Å². The molecular weight excluding hydrogens is 178 g/mol. The number of aromatic nitrogens is 2. The van der Waals surface area contributed by atoms with Gasteiger partial charge in [0.05, 0.1) is 5.69 Å². The van der Waals surface area contributed by atoms with Gasteiger partial charge in [-0.3, -0.25) is 9.48 Å². The summed E-state index contributed by atoms with van der Waals surface area (Å²) in [6.07, 6.45) is 1.80. The molecule has 1 aromatic rings. The Labute approximate surface area is 84.1 Å². The number of nitrogens with two attached hydrogens (primary N) is 1. The molecule has 4 heteroatoms. The minimum atomic E-state index is 0.179. The van der Waals surface area contributed by atoms with E-state index in [9.17, 15) is 4.79 Å². The molecule has 0 aromatic carbocycles. The van der Waals surface area contributed by atoms with Gasteiger partial charge in [0.25, 0.3) is 0 Å². The van der Waals surface area contributed by atoms with Crippen molar-refractivity contribution in [1.29, 1.82) is 0 Å². The molecule has 0 bridgehead atoms. The average molecular weight is 195 g/mol. The van der Waals surface area contributed by atoms with Gasteiger partial charge in [0, 0.05) is 25.6 Å². The topological polar surface area (TPSA) is 60.9 Å². The Kier molecular flexibility index (Phi) is 3.83. The van der Waals surface area contributed by atoms with Crippen LogP contribution in [-0.2, 0) is 24.7 Å². The van der Waals surface area contributed by atoms with Crippen LogP contribution in [-0.4, -0.2) is 22.1 Å². The van der Waals surface area contributed by atoms with Crippen LogP contribution in [0.2, 0.25) is 0 Å². The fourth-order valence-corrected chi connectivity index (χ4v) is 1.36. The molecule has 0 radical (unpaired) electrons. The van der Waals surface area contributed by atoms with Gasteiger partial charge in [-0.05, 0) is 19.0 Å². The van der Waals surface area contributed by atoms with E-state index < -0.39 is 0 Å². The number of nitrogens with zero attached hydrogens (tertiary/aromatic N) is 2. The second kappa shape index (κ2) is 4.91. The molecule has 14 heavy (non-hydrogen) atoms. The Balaban J connectivity index is 2.66. The summed E-state index contributed by atoms with van der Waals surface area (Å²) in [7, 11) is 1.87. The summed E-state index contributed by atoms with van der Waals surface area (Å²) in [4.78, 5) is 11.3. The van der Waals surface area contributed by atoms with Gasteiger partial charge in [0.15, 0.2) is 0 Å². The minimum absolute atomic E-state index is 0.179. The highest BCUT2D eigenvalue weighted by atomic mass is 16.1. The molecule has 2 N–H and O–H groups in total. The molecule has 0 aliphatic heterocycles. The van der Waals surface area contributed by atoms with Crippen LogP contribution in [0.4, 0.5) is 0 Å². The van der Waals surface area contributed by atoms with Crippen LogP contribution in [0.5, 0.6) is 0 Å². The zero-order valence-corrected chi connectivity index (χ0v) is 8.79. The first kappa shape index (κ1) is 10.9. The second-order valence-electron chi connectivity index (χ2n) is 3.36. The van der Waals surface area contributed by atoms with Crippen molar-refractivity contribution in [2.24, 2.45) is 12.8 Å². The summed E-state index contributed by atoms with van der Waals surface area (Å²) in [5.41, 5.74) is 7.31. The number of hydrogen-bond acceptors (Lipinski definition) is 3. The van der Waals surface area contributed by atoms with Gasteiger partial charge < -0.3 is 5.73 Å². The predicted octanol–water partition coefficient (Wildman–Crippen LogP) is 0.443. The molecule has 0 saturated heterocycles. The first-order valence-corrected chi connectivity index (χ1v) is 4.91. The molecule has 0 fully saturated rings. The normalized spacial score (nSPS) is 10.5. The number of hydrogen-bond donors (Lipinski definition) is 1. The molecule has 0 amide bonds. The number of carbonyl (C=O) groups is 1. The summed E-state index contributed by atoms with van der Waals surface area (Å²) in [6.45, 7) is 2.48. The molecule has 1 rings (SSSR count). The van der Waals surface area contributed by atoms with Crippen LogP contribution >= 0.6 is 0 Å². The molecule has 1 heterocycles. The lowest BCUT2D eigenvalue weighted by Crippen LogP contribution is -2.12. The summed E-state index contributed by atoms with van der Waals surface area (Å²) in [6, 6.07) is 1.98. The lowest BCUT2D eigenvalue weighted by atomic mass is 10.1. The van der Waals surface area contributed by atoms with Crippen LogP contribution in [0.1, 0.15) is 24.7 Å². The van der Waals surface area contributed by atoms with Gasteiger partial charge >= 0.3 is 0 Å². The van der Waals surface area contributed by atoms with E-state index in [2.05, 4.69) is 5.10 Å². The van der Waals surface area contributed by atoms with E-state index in [0.717, 1.165) is 17.8 Å². The summed E-state index contributed by atoms with van der Waals surface area (Å²) in [5.74, 6) is 0.179. The van der Waals surface area contributed by atoms with Crippen molar-refractivity contribution in [3.05, 3.63) is 17.5 Å². The maximum absolute atomic E-state index is 11.3. The Hall–Kier alpha value is -1.16. The molecule has 0 atom stereocenters. The molecule has 0 aliphatic carbocycles. The maximum atomic E-state index is 11.3. The van der Waals surface area contributed by atoms with Crippen molar-refractivity contribution in [2.75, 3.05) is 6.54 Å². The zero-order valence-electron chi connectivity index (χ0n) is 8.79. The number of ketones is 1. The average Bonchev–Trinajstić information content (AvgIpc) is 2.48. The fourth-order valence-electron chi connectivity index (χ4n) is 1.36. The van der Waals surface area contributed by atoms with Crippen molar-refractivity contribution in [3.8, 4) is 0 Å². The highest BCUT2D eigenvalue weighted by molar-refractivity contribution is 5.80. The Bertz CT molecular complexity index is 317. The molecule has 0 aliphatic rings. The highest BCUT2D eigenvalue weighted by Gasteiger charge is 2.08. The summed E-state index contributed by atoms with van der Waals surface area (Å²) in [5, 5.41) is 4.28. The third kappa shape index (κ3) is 2.67. The smallest absolute Gasteiger partial charge is 0.140 e. The van der Waals surface area contributed by atoms with Crippen molar-refractivity contribution in [3.63, 3.8) is 0 Å². The highest BCUT2D eigenvalue weighted by Crippen LogP contribution is 2.05. The quantitative estimate of drug-likeness (QED) is 0.741. The SMILES string of the molecule is CCc1cc(CC(=O)CCN)n(C)n1. The van der Waals surface area contributed by atoms with Gasteiger partial charge in [-0.25, -0.2) is 0 Å². The van der Waals surface area contributed by atoms with E-state index in [1.165, 1.54) is 0 Å². The predicted molar refractivity (Wildman–Crippen MR) is 55.0 cm³/mol. The standard InChI is InChI=1S/C10H17N3O/c1-3-8-6-9(13(2)12-8)7-10(14)4-5-11/h6H,3-5,7,11H2,1-2H3. The molecule has 4 nitrogen and oxygen atoms in total. The summed E-state index contributed by atoms with van der Waals surface area (Å²) >= 11 is 0. The second-order valence-corrected chi connectivity index (χ2v) is 3.36. The van der Waals surface area contributed by atoms with Crippen LogP contribution in [0.15, 0.2) is 6.07 Å². The van der Waals surface area contributed by atoms with Gasteiger partial charge in [-0.15, -0.1) is 0 Å². The lowest BCUT2D eigenvalue weighted by Gasteiger charge is -1.99. The number of aryl methyl sites for hydroxylation is 2. The van der Waals surface area contributed by atoms with E-state index in [-0.39, 0.29) is 5.78 Å². The summed E-state index contributed by atoms with van der Waals surface area (Å²) < 4.78 is 1.77. The lowest BCUT2D eigenvalue weighted by molar-refractivity contribution is -0.118. The van der Waals surface area contributed by atoms with Crippen LogP contribution < -0.4 is 5.73 Å². The molecular formula is C10H17N3O. The van der Waals surface area contributed by atoms with E-state index in [1.54, 1.807) is 4.68 Å². The van der Waals surface area contributed by atoms with E-state index >= 15 is 0 Å². The third-order valence-corrected chi connectivity index (χ3v) is 2.19. The van der Waals surface area contributed by atoms with E-state index in [0.29, 0.717) is 19.4 Å². The first-order valence-electron chi connectivity index (χ1n) is 4.91. The Morgan fingerprint density at radius 2 is 2.36 bits per heavy atom. The Morgan fingerprint density at radius 1 is 1.64 bits per heavy atom. The minimum Gasteiger partial charge on any atom is -0.330 e. The van der Waals surface area contributed by atoms with Crippen LogP contribution in [0, 0.1) is 0 Å². The van der Waals surface area contributed by atoms with Gasteiger partial charge in [-0.2, -0.15) is 5.10 Å². The van der Waals surface area contributed by atoms with Crippen LogP contribution in [0.25, 0.3) is 0 Å². The number of carbonyl (C=O) groups excluding carboxylic acids is 1. The van der Waals surface area contributed by atoms with Crippen molar-refractivity contribution in [1.82, 2.24) is 9.78 Å². The van der Waals surface area contributed by atoms with E-state index in [1.807, 2.05) is 20.0 Å². The van der Waals surface area contributed by atoms with Crippen molar-refractivity contribution < 1.29 is 4.79 Å². The maximum Gasteiger partial charge on any atom is 0.140 e. The zero-order chi connectivity index (χ0) is 10.6. The Morgan fingerprint density at radius 3 is 2.86 bits per heavy atom. The molecule has 0 saturated carbocycles. The number of rotatable bonds is 5. The van der Waals surface area contributed by atoms with Crippen molar-refractivity contribution >= 4 is 5.78 Å². The molecule has 0 spiro atoms. The monoisotopic (exact) mass is 195 g/mol. The molecule has 1 aromatic heterocycles. The number of Topliss-reactive ketones (excluding diaryl/α,β-unsaturated/α-hetero) is 1. The van der Waals surface area contributed by atoms with E-state index in [4.69, 9.17) is 5.73 Å². The fraction of sp³-hybridized carbons (Fsp3) is 0.600. The van der Waals surface area contributed by atoms with Gasteiger partial charge in [0.2, 0.25) is 0 Å². The van der Waals surface area contributed by atoms with Gasteiger partial charge in [-0.1, -0.05) is 6.92 Å². The third-order valence-electron chi connectivity index (χ3n) is 2.19.